The summed E-state index contributed by atoms with van der Waals surface area (Å²) < 4.78 is 0. The molecule has 0 atom stereocenters. The number of Topliss-reactive ketones (excluding diaryl/α,β-unsaturated/α-hetero) is 1. The molecular weight excluding hydrogens is 188 g/mol. The van der Waals surface area contributed by atoms with Gasteiger partial charge in [-0.05, 0) is 26.2 Å². The molecule has 0 bridgehead atoms. The standard InChI is InChI=1S/C12H14N2O/c1-14(2)8-12(15)11-7-9-5-3-4-6-10(9)13-11/h3-7,13H,8H2,1-2H3. The van der Waals surface area contributed by atoms with Gasteiger partial charge in [-0.15, -0.1) is 0 Å². The number of para-hydroxylation sites is 1. The van der Waals surface area contributed by atoms with Crippen molar-refractivity contribution in [3.8, 4) is 0 Å². The summed E-state index contributed by atoms with van der Waals surface area (Å²) in [6, 6.07) is 9.80. The van der Waals surface area contributed by atoms with Gasteiger partial charge in [0.25, 0.3) is 0 Å². The lowest BCUT2D eigenvalue weighted by atomic mass is 10.2. The predicted octanol–water partition coefficient (Wildman–Crippen LogP) is 1.91. The molecule has 0 fully saturated rings. The maximum Gasteiger partial charge on any atom is 0.192 e. The number of aromatic amines is 1. The molecule has 0 saturated heterocycles. The van der Waals surface area contributed by atoms with E-state index >= 15 is 0 Å². The largest absolute Gasteiger partial charge is 0.352 e. The van der Waals surface area contributed by atoms with Crippen LogP contribution in [0.3, 0.4) is 0 Å². The van der Waals surface area contributed by atoms with Crippen LogP contribution in [0.2, 0.25) is 0 Å². The molecule has 2 rings (SSSR count). The number of carbonyl (C=O) groups excluding carboxylic acids is 1. The number of hydrogen-bond donors (Lipinski definition) is 1. The molecule has 2 aromatic rings. The Hall–Kier alpha value is -1.61. The average Bonchev–Trinajstić information content (AvgIpc) is 2.59. The number of fused-ring (bicyclic) bond motifs is 1. The van der Waals surface area contributed by atoms with E-state index in [9.17, 15) is 4.79 Å². The quantitative estimate of drug-likeness (QED) is 0.772. The first-order valence-electron chi connectivity index (χ1n) is 4.92. The van der Waals surface area contributed by atoms with Crippen molar-refractivity contribution in [1.82, 2.24) is 9.88 Å². The Morgan fingerprint density at radius 3 is 2.73 bits per heavy atom. The fraction of sp³-hybridized carbons (Fsp3) is 0.250. The Morgan fingerprint density at radius 2 is 2.07 bits per heavy atom. The fourth-order valence-electron chi connectivity index (χ4n) is 1.60. The van der Waals surface area contributed by atoms with Crippen molar-refractivity contribution < 1.29 is 4.79 Å². The van der Waals surface area contributed by atoms with Gasteiger partial charge in [0.1, 0.15) is 0 Å². The number of aromatic nitrogens is 1. The lowest BCUT2D eigenvalue weighted by Crippen LogP contribution is -2.21. The van der Waals surface area contributed by atoms with E-state index < -0.39 is 0 Å². The van der Waals surface area contributed by atoms with Gasteiger partial charge in [0, 0.05) is 10.9 Å². The van der Waals surface area contributed by atoms with Crippen LogP contribution in [0.5, 0.6) is 0 Å². The first kappa shape index (κ1) is 9.93. The van der Waals surface area contributed by atoms with Gasteiger partial charge >= 0.3 is 0 Å². The van der Waals surface area contributed by atoms with Crippen molar-refractivity contribution >= 4 is 16.7 Å². The Morgan fingerprint density at radius 1 is 1.33 bits per heavy atom. The second kappa shape index (κ2) is 3.87. The molecule has 3 heteroatoms. The molecule has 1 aromatic carbocycles. The van der Waals surface area contributed by atoms with Crippen LogP contribution in [0.1, 0.15) is 10.5 Å². The van der Waals surface area contributed by atoms with Gasteiger partial charge in [-0.2, -0.15) is 0 Å². The van der Waals surface area contributed by atoms with Crippen LogP contribution < -0.4 is 0 Å². The van der Waals surface area contributed by atoms with Gasteiger partial charge in [-0.3, -0.25) is 4.79 Å². The van der Waals surface area contributed by atoms with Gasteiger partial charge < -0.3 is 9.88 Å². The van der Waals surface area contributed by atoms with Crippen LogP contribution in [0, 0.1) is 0 Å². The summed E-state index contributed by atoms with van der Waals surface area (Å²) in [6.45, 7) is 0.437. The molecular formula is C12H14N2O. The van der Waals surface area contributed by atoms with Gasteiger partial charge in [0.2, 0.25) is 0 Å². The number of hydrogen-bond acceptors (Lipinski definition) is 2. The third-order valence-corrected chi connectivity index (χ3v) is 2.29. The normalized spacial score (nSPS) is 11.1. The number of likely N-dealkylation sites (N-methyl/N-ethyl adjacent to an activating group) is 1. The van der Waals surface area contributed by atoms with E-state index in [2.05, 4.69) is 4.98 Å². The highest BCUT2D eigenvalue weighted by atomic mass is 16.1. The number of rotatable bonds is 3. The molecule has 0 unspecified atom stereocenters. The number of benzene rings is 1. The van der Waals surface area contributed by atoms with Crippen LogP contribution in [-0.2, 0) is 0 Å². The van der Waals surface area contributed by atoms with E-state index in [1.54, 1.807) is 0 Å². The first-order valence-corrected chi connectivity index (χ1v) is 4.92. The Balaban J connectivity index is 2.32. The zero-order valence-electron chi connectivity index (χ0n) is 8.95. The molecule has 0 saturated carbocycles. The maximum absolute atomic E-state index is 11.8. The number of nitrogens with one attached hydrogen (secondary N) is 1. The summed E-state index contributed by atoms with van der Waals surface area (Å²) in [6.07, 6.45) is 0. The lowest BCUT2D eigenvalue weighted by molar-refractivity contribution is 0.0954. The Kier molecular flexibility index (Phi) is 2.56. The van der Waals surface area contributed by atoms with Crippen molar-refractivity contribution in [2.24, 2.45) is 0 Å². The van der Waals surface area contributed by atoms with Crippen molar-refractivity contribution in [3.63, 3.8) is 0 Å². The van der Waals surface area contributed by atoms with Crippen LogP contribution in [-0.4, -0.2) is 36.3 Å². The Bertz CT molecular complexity index is 452. The van der Waals surface area contributed by atoms with Crippen molar-refractivity contribution in [1.29, 1.82) is 0 Å². The fourth-order valence-corrected chi connectivity index (χ4v) is 1.60. The van der Waals surface area contributed by atoms with Crippen LogP contribution in [0.4, 0.5) is 0 Å². The number of H-pyrrole nitrogens is 1. The third-order valence-electron chi connectivity index (χ3n) is 2.29. The van der Waals surface area contributed by atoms with E-state index in [4.69, 9.17) is 0 Å². The summed E-state index contributed by atoms with van der Waals surface area (Å²) in [5.74, 6) is 0.121. The van der Waals surface area contributed by atoms with Crippen molar-refractivity contribution in [2.75, 3.05) is 20.6 Å². The highest BCUT2D eigenvalue weighted by Crippen LogP contribution is 2.14. The van der Waals surface area contributed by atoms with Crippen LogP contribution in [0.25, 0.3) is 10.9 Å². The number of nitrogens with zero attached hydrogens (tertiary/aromatic N) is 1. The minimum Gasteiger partial charge on any atom is -0.352 e. The smallest absolute Gasteiger partial charge is 0.192 e. The summed E-state index contributed by atoms with van der Waals surface area (Å²) in [5, 5.41) is 1.08. The van der Waals surface area contributed by atoms with Gasteiger partial charge in [-0.1, -0.05) is 18.2 Å². The van der Waals surface area contributed by atoms with Crippen LogP contribution >= 0.6 is 0 Å². The minimum absolute atomic E-state index is 0.121. The molecule has 0 aliphatic rings. The monoisotopic (exact) mass is 202 g/mol. The molecule has 3 nitrogen and oxygen atoms in total. The third kappa shape index (κ3) is 2.07. The second-order valence-corrected chi connectivity index (χ2v) is 3.93. The molecule has 1 heterocycles. The molecule has 0 aliphatic carbocycles. The molecule has 0 amide bonds. The van der Waals surface area contributed by atoms with Gasteiger partial charge in [0.15, 0.2) is 5.78 Å². The molecule has 1 N–H and O–H groups in total. The molecule has 0 spiro atoms. The summed E-state index contributed by atoms with van der Waals surface area (Å²) >= 11 is 0. The zero-order valence-corrected chi connectivity index (χ0v) is 8.95. The van der Waals surface area contributed by atoms with Crippen LogP contribution in [0.15, 0.2) is 30.3 Å². The molecule has 15 heavy (non-hydrogen) atoms. The maximum atomic E-state index is 11.8. The van der Waals surface area contributed by atoms with E-state index in [0.29, 0.717) is 12.2 Å². The molecule has 78 valence electrons. The zero-order chi connectivity index (χ0) is 10.8. The molecule has 0 radical (unpaired) electrons. The highest BCUT2D eigenvalue weighted by molar-refractivity contribution is 6.00. The van der Waals surface area contributed by atoms with Crippen molar-refractivity contribution in [2.45, 2.75) is 0 Å². The average molecular weight is 202 g/mol. The second-order valence-electron chi connectivity index (χ2n) is 3.93. The molecule has 0 aliphatic heterocycles. The topological polar surface area (TPSA) is 36.1 Å². The van der Waals surface area contributed by atoms with Gasteiger partial charge in [0.05, 0.1) is 12.2 Å². The van der Waals surface area contributed by atoms with E-state index in [1.807, 2.05) is 49.3 Å². The van der Waals surface area contributed by atoms with E-state index in [1.165, 1.54) is 0 Å². The lowest BCUT2D eigenvalue weighted by Gasteiger charge is -2.06. The SMILES string of the molecule is CN(C)CC(=O)c1cc2ccccc2[nH]1. The Labute approximate surface area is 88.7 Å². The summed E-state index contributed by atoms with van der Waals surface area (Å²) in [5.41, 5.74) is 1.70. The first-order chi connectivity index (χ1) is 7.16. The predicted molar refractivity (Wildman–Crippen MR) is 61.2 cm³/mol. The van der Waals surface area contributed by atoms with E-state index in [-0.39, 0.29) is 5.78 Å². The highest BCUT2D eigenvalue weighted by Gasteiger charge is 2.09. The number of carbonyl (C=O) groups is 1. The van der Waals surface area contributed by atoms with Gasteiger partial charge in [-0.25, -0.2) is 0 Å². The summed E-state index contributed by atoms with van der Waals surface area (Å²) in [7, 11) is 3.78. The molecule has 1 aromatic heterocycles. The van der Waals surface area contributed by atoms with E-state index in [0.717, 1.165) is 10.9 Å². The number of ketones is 1. The minimum atomic E-state index is 0.121. The summed E-state index contributed by atoms with van der Waals surface area (Å²) in [4.78, 5) is 16.7. The van der Waals surface area contributed by atoms with Crippen molar-refractivity contribution in [3.05, 3.63) is 36.0 Å².